The fraction of sp³-hybridized carbons (Fsp3) is 0.488. The van der Waals surface area contributed by atoms with E-state index in [4.69, 9.17) is 27.3 Å². The van der Waals surface area contributed by atoms with Crippen LogP contribution in [-0.4, -0.2) is 117 Å². The molecule has 2 N–H and O–H groups in total. The molecule has 16 heteroatoms. The molecular weight excluding hydrogens is 774 g/mol. The molecule has 5 aliphatic rings. The summed E-state index contributed by atoms with van der Waals surface area (Å²) in [5.41, 5.74) is 7.24. The third-order valence-electron chi connectivity index (χ3n) is 12.7. The minimum atomic E-state index is -1.05. The van der Waals surface area contributed by atoms with Gasteiger partial charge in [0, 0.05) is 69.0 Å². The van der Waals surface area contributed by atoms with Gasteiger partial charge in [-0.25, -0.2) is 0 Å². The lowest BCUT2D eigenvalue weighted by atomic mass is 9.89. The maximum atomic E-state index is 14.1. The highest BCUT2D eigenvalue weighted by molar-refractivity contribution is 6.31. The number of ether oxygens (including phenoxy) is 1. The first-order valence-corrected chi connectivity index (χ1v) is 20.9. The van der Waals surface area contributed by atoms with Gasteiger partial charge in [-0.15, -0.1) is 10.2 Å². The number of nitriles is 1. The fourth-order valence-corrected chi connectivity index (χ4v) is 10.0. The van der Waals surface area contributed by atoms with Gasteiger partial charge >= 0.3 is 0 Å². The number of primary amides is 1. The average molecular weight is 822 g/mol. The molecule has 0 unspecified atom stereocenters. The number of nitrogens with two attached hydrogens (primary N) is 1. The number of amides is 5. The molecule has 1 aliphatic carbocycles. The summed E-state index contributed by atoms with van der Waals surface area (Å²) in [7, 11) is 0. The van der Waals surface area contributed by atoms with Crippen molar-refractivity contribution in [3.8, 4) is 11.8 Å². The van der Waals surface area contributed by atoms with Gasteiger partial charge in [0.1, 0.15) is 17.9 Å². The van der Waals surface area contributed by atoms with Crippen molar-refractivity contribution in [1.82, 2.24) is 24.9 Å². The summed E-state index contributed by atoms with van der Waals surface area (Å²) in [6.07, 6.45) is 4.28. The van der Waals surface area contributed by atoms with E-state index in [0.717, 1.165) is 62.0 Å². The van der Waals surface area contributed by atoms with Crippen LogP contribution >= 0.6 is 11.6 Å². The molecule has 1 saturated carbocycles. The lowest BCUT2D eigenvalue weighted by Crippen LogP contribution is -2.59. The quantitative estimate of drug-likeness (QED) is 0.300. The Labute approximate surface area is 348 Å². The molecule has 8 rings (SSSR count). The third kappa shape index (κ3) is 7.95. The highest BCUT2D eigenvalue weighted by Crippen LogP contribution is 2.36. The first kappa shape index (κ1) is 40.2. The molecule has 5 heterocycles. The lowest BCUT2D eigenvalue weighted by Gasteiger charge is -2.47. The summed E-state index contributed by atoms with van der Waals surface area (Å²) in [6, 6.07) is 14.6. The van der Waals surface area contributed by atoms with E-state index in [0.29, 0.717) is 47.9 Å². The zero-order valence-corrected chi connectivity index (χ0v) is 34.0. The van der Waals surface area contributed by atoms with Crippen LogP contribution in [0.1, 0.15) is 102 Å². The van der Waals surface area contributed by atoms with Gasteiger partial charge in [0.05, 0.1) is 27.8 Å². The van der Waals surface area contributed by atoms with Gasteiger partial charge in [-0.05, 0) is 107 Å². The number of anilines is 2. The molecule has 3 saturated heterocycles. The molecule has 308 valence electrons. The van der Waals surface area contributed by atoms with E-state index in [1.165, 1.54) is 4.90 Å². The van der Waals surface area contributed by atoms with Crippen molar-refractivity contribution in [3.05, 3.63) is 75.9 Å². The van der Waals surface area contributed by atoms with Gasteiger partial charge in [0.15, 0.2) is 11.5 Å². The number of aromatic nitrogens is 2. The van der Waals surface area contributed by atoms with Crippen LogP contribution in [0.3, 0.4) is 0 Å². The number of carbonyl (C=O) groups is 5. The van der Waals surface area contributed by atoms with Crippen molar-refractivity contribution < 1.29 is 28.7 Å². The van der Waals surface area contributed by atoms with E-state index in [-0.39, 0.29) is 59.8 Å². The Kier molecular flexibility index (Phi) is 11.3. The normalized spacial score (nSPS) is 25.6. The highest BCUT2D eigenvalue weighted by atomic mass is 35.5. The number of hydrogen-bond donors (Lipinski definition) is 1. The molecule has 4 fully saturated rings. The Morgan fingerprint density at radius 1 is 0.864 bits per heavy atom. The van der Waals surface area contributed by atoms with Crippen LogP contribution in [0, 0.1) is 17.2 Å². The first-order chi connectivity index (χ1) is 28.4. The Morgan fingerprint density at radius 2 is 1.58 bits per heavy atom. The predicted molar refractivity (Wildman–Crippen MR) is 218 cm³/mol. The molecule has 0 spiro atoms. The van der Waals surface area contributed by atoms with Crippen molar-refractivity contribution >= 4 is 52.6 Å². The molecule has 59 heavy (non-hydrogen) atoms. The second-order valence-corrected chi connectivity index (χ2v) is 17.0. The first-order valence-electron chi connectivity index (χ1n) is 20.5. The Balaban J connectivity index is 0.868. The predicted octanol–water partition coefficient (Wildman–Crippen LogP) is 4.42. The topological polar surface area (TPSA) is 186 Å². The molecular formula is C43H48ClN9O6. The number of nitrogens with zero attached hydrogens (tertiary/aromatic N) is 8. The fourth-order valence-electron chi connectivity index (χ4n) is 9.80. The molecule has 3 atom stereocenters. The number of piperazine rings is 1. The van der Waals surface area contributed by atoms with Gasteiger partial charge in [-0.1, -0.05) is 11.6 Å². The zero-order chi connectivity index (χ0) is 41.5. The van der Waals surface area contributed by atoms with Crippen LogP contribution in [-0.2, 0) is 9.59 Å². The maximum Gasteiger partial charge on any atom is 0.269 e. The summed E-state index contributed by atoms with van der Waals surface area (Å²) in [4.78, 5) is 76.0. The van der Waals surface area contributed by atoms with Gasteiger partial charge < -0.3 is 20.3 Å². The molecule has 0 bridgehead atoms. The number of hydrogen-bond acceptors (Lipinski definition) is 12. The van der Waals surface area contributed by atoms with E-state index < -0.39 is 29.7 Å². The Bertz CT molecular complexity index is 2190. The maximum absolute atomic E-state index is 14.1. The minimum absolute atomic E-state index is 0.0640. The largest absolute Gasteiger partial charge is 0.490 e. The Morgan fingerprint density at radius 3 is 2.22 bits per heavy atom. The van der Waals surface area contributed by atoms with E-state index in [1.54, 1.807) is 42.5 Å². The number of fused-ring (bicyclic) bond motifs is 1. The number of piperidine rings is 2. The standard InChI is InChI=1S/C43H48ClN9O6/c1-25-22-49(24-27-15-17-50(18-16-27)38-13-11-36(40(46)55)47-48-38)23-26(2)51(25)30-6-10-33-34(19-30)42(57)53(41(33)56)37-12-14-39(54)52(43(37)58)29-4-8-31(9-5-29)59-32-7-3-28(21-45)35(44)20-32/h3,6-7,10-11,13,19-20,25-27,29,31,37H,4-5,8-9,12,14-18,22-24H2,1-2H3,(H2,46,55)/t25-,26-,29?,31?,37-/m1/s1. The van der Waals surface area contributed by atoms with Crippen LogP contribution in [0.4, 0.5) is 11.5 Å². The smallest absolute Gasteiger partial charge is 0.269 e. The molecule has 15 nitrogen and oxygen atoms in total. The number of imide groups is 2. The molecule has 1 aromatic heterocycles. The number of halogens is 1. The van der Waals surface area contributed by atoms with E-state index in [1.807, 2.05) is 12.1 Å². The second kappa shape index (κ2) is 16.6. The summed E-state index contributed by atoms with van der Waals surface area (Å²) in [5.74, 6) is -0.562. The summed E-state index contributed by atoms with van der Waals surface area (Å²) >= 11 is 6.18. The minimum Gasteiger partial charge on any atom is -0.490 e. The summed E-state index contributed by atoms with van der Waals surface area (Å²) in [6.45, 7) is 8.75. The summed E-state index contributed by atoms with van der Waals surface area (Å²) in [5, 5.41) is 17.6. The zero-order valence-electron chi connectivity index (χ0n) is 33.3. The van der Waals surface area contributed by atoms with Crippen LogP contribution in [0.25, 0.3) is 0 Å². The van der Waals surface area contributed by atoms with Gasteiger partial charge in [0.2, 0.25) is 5.91 Å². The number of carbonyl (C=O) groups excluding carboxylic acids is 5. The van der Waals surface area contributed by atoms with E-state index >= 15 is 0 Å². The number of rotatable bonds is 9. The average Bonchev–Trinajstić information content (AvgIpc) is 3.46. The third-order valence-corrected chi connectivity index (χ3v) is 13.0. The van der Waals surface area contributed by atoms with Crippen LogP contribution < -0.4 is 20.3 Å². The van der Waals surface area contributed by atoms with Crippen LogP contribution in [0.15, 0.2) is 48.5 Å². The van der Waals surface area contributed by atoms with Crippen molar-refractivity contribution in [1.29, 1.82) is 5.26 Å². The SMILES string of the molecule is C[C@@H]1CN(CC2CCN(c3ccc(C(N)=O)nn3)CC2)C[C@@H](C)N1c1ccc2c(c1)C(=O)N([C@@H]1CCC(=O)N(C3CCC(Oc4ccc(C#N)c(Cl)c4)CC3)C1=O)C2=O. The van der Waals surface area contributed by atoms with E-state index in [2.05, 4.69) is 38.7 Å². The molecule has 3 aromatic rings. The number of benzene rings is 2. The lowest BCUT2D eigenvalue weighted by molar-refractivity contribution is -0.155. The number of likely N-dealkylation sites (tertiary alicyclic amines) is 1. The van der Waals surface area contributed by atoms with Gasteiger partial charge in [0.25, 0.3) is 23.6 Å². The van der Waals surface area contributed by atoms with Crippen molar-refractivity contribution in [2.24, 2.45) is 11.7 Å². The van der Waals surface area contributed by atoms with Crippen molar-refractivity contribution in [2.45, 2.75) is 95.5 Å². The van der Waals surface area contributed by atoms with Crippen LogP contribution in [0.5, 0.6) is 5.75 Å². The molecule has 4 aliphatic heterocycles. The monoisotopic (exact) mass is 821 g/mol. The molecule has 5 amide bonds. The molecule has 2 aromatic carbocycles. The summed E-state index contributed by atoms with van der Waals surface area (Å²) < 4.78 is 6.12. The van der Waals surface area contributed by atoms with Crippen molar-refractivity contribution in [3.63, 3.8) is 0 Å². The highest BCUT2D eigenvalue weighted by Gasteiger charge is 2.49. The molecule has 0 radical (unpaired) electrons. The van der Waals surface area contributed by atoms with Crippen LogP contribution in [0.2, 0.25) is 5.02 Å². The Hall–Kier alpha value is -5.59. The second-order valence-electron chi connectivity index (χ2n) is 16.6. The van der Waals surface area contributed by atoms with Crippen molar-refractivity contribution in [2.75, 3.05) is 42.5 Å². The van der Waals surface area contributed by atoms with Gasteiger partial charge in [-0.2, -0.15) is 5.26 Å². The van der Waals surface area contributed by atoms with E-state index in [9.17, 15) is 24.0 Å². The van der Waals surface area contributed by atoms with Gasteiger partial charge in [-0.3, -0.25) is 38.7 Å².